The van der Waals surface area contributed by atoms with Gasteiger partial charge in [-0.15, -0.1) is 0 Å². The Balaban J connectivity index is 1.66. The molecule has 1 heterocycles. The van der Waals surface area contributed by atoms with Crippen LogP contribution in [0.3, 0.4) is 0 Å². The summed E-state index contributed by atoms with van der Waals surface area (Å²) in [7, 11) is -2.96. The maximum absolute atomic E-state index is 12.1. The third-order valence-corrected chi connectivity index (χ3v) is 6.03. The normalized spacial score (nSPS) is 16.7. The highest BCUT2D eigenvalue weighted by Gasteiger charge is 2.28. The van der Waals surface area contributed by atoms with Crippen LogP contribution in [0.15, 0.2) is 30.3 Å². The van der Waals surface area contributed by atoms with E-state index < -0.39 is 9.84 Å². The molecule has 5 heteroatoms. The monoisotopic (exact) mass is 323 g/mol. The van der Waals surface area contributed by atoms with Gasteiger partial charge in [0.05, 0.1) is 5.25 Å². The van der Waals surface area contributed by atoms with Gasteiger partial charge in [-0.05, 0) is 37.7 Å². The molecule has 4 nitrogen and oxygen atoms in total. The molecular weight excluding hydrogens is 298 g/mol. The Bertz CT molecular complexity index is 575. The van der Waals surface area contributed by atoms with Crippen molar-refractivity contribution >= 4 is 15.7 Å². The van der Waals surface area contributed by atoms with E-state index in [9.17, 15) is 13.2 Å². The second kappa shape index (κ2) is 7.77. The van der Waals surface area contributed by atoms with Gasteiger partial charge in [0, 0.05) is 25.8 Å². The lowest BCUT2D eigenvalue weighted by Crippen LogP contribution is -2.42. The highest BCUT2D eigenvalue weighted by Crippen LogP contribution is 2.18. The van der Waals surface area contributed by atoms with Crippen LogP contribution in [-0.4, -0.2) is 43.8 Å². The average Bonchev–Trinajstić information content (AvgIpc) is 2.52. The number of amides is 1. The number of sulfone groups is 1. The van der Waals surface area contributed by atoms with E-state index in [0.717, 1.165) is 19.3 Å². The maximum Gasteiger partial charge on any atom is 0.222 e. The average molecular weight is 323 g/mol. The van der Waals surface area contributed by atoms with Gasteiger partial charge in [-0.25, -0.2) is 8.42 Å². The van der Waals surface area contributed by atoms with Gasteiger partial charge in [0.15, 0.2) is 0 Å². The van der Waals surface area contributed by atoms with Crippen molar-refractivity contribution in [1.82, 2.24) is 4.90 Å². The zero-order valence-corrected chi connectivity index (χ0v) is 14.0. The summed E-state index contributed by atoms with van der Waals surface area (Å²) < 4.78 is 23.0. The van der Waals surface area contributed by atoms with Crippen molar-refractivity contribution in [3.63, 3.8) is 0 Å². The Kier molecular flexibility index (Phi) is 6.00. The number of rotatable bonds is 6. The molecule has 1 aliphatic heterocycles. The molecule has 0 spiro atoms. The predicted molar refractivity (Wildman–Crippen MR) is 88.4 cm³/mol. The first-order chi connectivity index (χ1) is 10.5. The van der Waals surface area contributed by atoms with Crippen molar-refractivity contribution in [3.05, 3.63) is 35.9 Å². The quantitative estimate of drug-likeness (QED) is 0.756. The summed E-state index contributed by atoms with van der Waals surface area (Å²) in [4.78, 5) is 14.0. The molecule has 0 aromatic heterocycles. The molecular formula is C17H25NO3S. The van der Waals surface area contributed by atoms with E-state index in [2.05, 4.69) is 12.1 Å². The number of nitrogens with zero attached hydrogens (tertiary/aromatic N) is 1. The van der Waals surface area contributed by atoms with E-state index in [0.29, 0.717) is 32.4 Å². The number of aryl methyl sites for hydroxylation is 1. The molecule has 2 rings (SSSR count). The first kappa shape index (κ1) is 17.0. The molecule has 1 saturated heterocycles. The van der Waals surface area contributed by atoms with Gasteiger partial charge in [0.2, 0.25) is 5.91 Å². The lowest BCUT2D eigenvalue weighted by molar-refractivity contribution is -0.132. The van der Waals surface area contributed by atoms with E-state index in [1.807, 2.05) is 23.1 Å². The van der Waals surface area contributed by atoms with E-state index >= 15 is 0 Å². The Labute approximate surface area is 133 Å². The van der Waals surface area contributed by atoms with Crippen molar-refractivity contribution in [1.29, 1.82) is 0 Å². The molecule has 0 atom stereocenters. The summed E-state index contributed by atoms with van der Waals surface area (Å²) in [5, 5.41) is -0.269. The minimum atomic E-state index is -2.96. The fourth-order valence-electron chi connectivity index (χ4n) is 2.94. The van der Waals surface area contributed by atoms with Crippen LogP contribution in [0.1, 0.15) is 37.7 Å². The molecule has 0 bridgehead atoms. The number of hydrogen-bond donors (Lipinski definition) is 0. The minimum absolute atomic E-state index is 0.167. The SMILES string of the molecule is CS(=O)(=O)C1CCN(C(=O)CCCCc2ccccc2)CC1. The third-order valence-electron chi connectivity index (χ3n) is 4.35. The van der Waals surface area contributed by atoms with Crippen LogP contribution < -0.4 is 0 Å². The van der Waals surface area contributed by atoms with Crippen molar-refractivity contribution < 1.29 is 13.2 Å². The Morgan fingerprint density at radius 1 is 1.14 bits per heavy atom. The second-order valence-electron chi connectivity index (χ2n) is 6.10. The van der Waals surface area contributed by atoms with Crippen LogP contribution in [0.5, 0.6) is 0 Å². The first-order valence-electron chi connectivity index (χ1n) is 7.97. The summed E-state index contributed by atoms with van der Waals surface area (Å²) in [5.41, 5.74) is 1.31. The molecule has 1 aromatic carbocycles. The summed E-state index contributed by atoms with van der Waals surface area (Å²) in [6, 6.07) is 10.3. The highest BCUT2D eigenvalue weighted by molar-refractivity contribution is 7.91. The van der Waals surface area contributed by atoms with Crippen molar-refractivity contribution in [2.45, 2.75) is 43.8 Å². The zero-order valence-electron chi connectivity index (χ0n) is 13.2. The summed E-state index contributed by atoms with van der Waals surface area (Å²) in [5.74, 6) is 0.167. The van der Waals surface area contributed by atoms with Gasteiger partial charge in [0.1, 0.15) is 9.84 Å². The van der Waals surface area contributed by atoms with Gasteiger partial charge in [0.25, 0.3) is 0 Å². The number of carbonyl (C=O) groups is 1. The molecule has 122 valence electrons. The molecule has 0 unspecified atom stereocenters. The topological polar surface area (TPSA) is 54.5 Å². The number of likely N-dealkylation sites (tertiary alicyclic amines) is 1. The van der Waals surface area contributed by atoms with Gasteiger partial charge in [-0.1, -0.05) is 30.3 Å². The third kappa shape index (κ3) is 5.13. The summed E-state index contributed by atoms with van der Waals surface area (Å²) in [6.45, 7) is 1.16. The summed E-state index contributed by atoms with van der Waals surface area (Å²) >= 11 is 0. The van der Waals surface area contributed by atoms with Crippen LogP contribution in [0, 0.1) is 0 Å². The standard InChI is InChI=1S/C17H25NO3S/c1-22(20,21)16-11-13-18(14-12-16)17(19)10-6-5-9-15-7-3-2-4-8-15/h2-4,7-8,16H,5-6,9-14H2,1H3. The van der Waals surface area contributed by atoms with Gasteiger partial charge < -0.3 is 4.90 Å². The van der Waals surface area contributed by atoms with Crippen LogP contribution in [-0.2, 0) is 21.1 Å². The van der Waals surface area contributed by atoms with Crippen molar-refractivity contribution in [2.24, 2.45) is 0 Å². The van der Waals surface area contributed by atoms with Gasteiger partial charge >= 0.3 is 0 Å². The van der Waals surface area contributed by atoms with Crippen molar-refractivity contribution in [3.8, 4) is 0 Å². The number of hydrogen-bond acceptors (Lipinski definition) is 3. The Hall–Kier alpha value is -1.36. The predicted octanol–water partition coefficient (Wildman–Crippen LogP) is 2.44. The van der Waals surface area contributed by atoms with E-state index in [-0.39, 0.29) is 11.2 Å². The fourth-order valence-corrected chi connectivity index (χ4v) is 4.01. The molecule has 0 aliphatic carbocycles. The molecule has 1 fully saturated rings. The Morgan fingerprint density at radius 2 is 1.77 bits per heavy atom. The second-order valence-corrected chi connectivity index (χ2v) is 8.43. The van der Waals surface area contributed by atoms with E-state index in [1.54, 1.807) is 0 Å². The van der Waals surface area contributed by atoms with Crippen molar-refractivity contribution in [2.75, 3.05) is 19.3 Å². The smallest absolute Gasteiger partial charge is 0.222 e. The maximum atomic E-state index is 12.1. The number of benzene rings is 1. The summed E-state index contributed by atoms with van der Waals surface area (Å²) in [6.07, 6.45) is 5.91. The lowest BCUT2D eigenvalue weighted by Gasteiger charge is -2.31. The zero-order chi connectivity index (χ0) is 16.0. The first-order valence-corrected chi connectivity index (χ1v) is 9.93. The lowest BCUT2D eigenvalue weighted by atomic mass is 10.1. The number of unbranched alkanes of at least 4 members (excludes halogenated alkanes) is 1. The molecule has 1 aliphatic rings. The van der Waals surface area contributed by atoms with Gasteiger partial charge in [-0.2, -0.15) is 0 Å². The van der Waals surface area contributed by atoms with Gasteiger partial charge in [-0.3, -0.25) is 4.79 Å². The molecule has 1 amide bonds. The van der Waals surface area contributed by atoms with E-state index in [1.165, 1.54) is 11.8 Å². The molecule has 0 N–H and O–H groups in total. The van der Waals surface area contributed by atoms with Crippen LogP contribution >= 0.6 is 0 Å². The highest BCUT2D eigenvalue weighted by atomic mass is 32.2. The molecule has 1 aromatic rings. The number of piperidine rings is 1. The van der Waals surface area contributed by atoms with Crippen LogP contribution in [0.25, 0.3) is 0 Å². The molecule has 22 heavy (non-hydrogen) atoms. The molecule has 0 saturated carbocycles. The largest absolute Gasteiger partial charge is 0.343 e. The minimum Gasteiger partial charge on any atom is -0.343 e. The van der Waals surface area contributed by atoms with Crippen LogP contribution in [0.2, 0.25) is 0 Å². The number of carbonyl (C=O) groups excluding carboxylic acids is 1. The molecule has 0 radical (unpaired) electrons. The van der Waals surface area contributed by atoms with Crippen LogP contribution in [0.4, 0.5) is 0 Å². The van der Waals surface area contributed by atoms with E-state index in [4.69, 9.17) is 0 Å². The Morgan fingerprint density at radius 3 is 2.36 bits per heavy atom. The fraction of sp³-hybridized carbons (Fsp3) is 0.588.